The molecule has 0 N–H and O–H groups in total. The van der Waals surface area contributed by atoms with E-state index in [2.05, 4.69) is 0 Å². The fourth-order valence-corrected chi connectivity index (χ4v) is 1.44. The molecule has 0 heterocycles. The number of rotatable bonds is 7. The van der Waals surface area contributed by atoms with Crippen LogP contribution in [-0.4, -0.2) is 30.0 Å². The number of nitrogens with zero attached hydrogens (tertiary/aromatic N) is 1. The fraction of sp³-hybridized carbons (Fsp3) is 0.462. The molecule has 0 aliphatic heterocycles. The average molecular weight is 267 g/mol. The molecular weight excluding hydrogens is 250 g/mol. The fourth-order valence-electron chi connectivity index (χ4n) is 1.44. The van der Waals surface area contributed by atoms with Gasteiger partial charge in [-0.2, -0.15) is 0 Å². The van der Waals surface area contributed by atoms with Gasteiger partial charge in [0.05, 0.1) is 17.6 Å². The highest BCUT2D eigenvalue weighted by Crippen LogP contribution is 2.28. The molecule has 0 radical (unpaired) electrons. The summed E-state index contributed by atoms with van der Waals surface area (Å²) in [7, 11) is 0. The van der Waals surface area contributed by atoms with Gasteiger partial charge in [-0.1, -0.05) is 0 Å². The average Bonchev–Trinajstić information content (AvgIpc) is 2.34. The first-order chi connectivity index (χ1) is 8.91. The van der Waals surface area contributed by atoms with E-state index in [1.54, 1.807) is 0 Å². The molecule has 0 amide bonds. The Morgan fingerprint density at radius 3 is 2.58 bits per heavy atom. The van der Waals surface area contributed by atoms with Crippen molar-refractivity contribution in [2.45, 2.75) is 26.9 Å². The first-order valence-electron chi connectivity index (χ1n) is 5.95. The van der Waals surface area contributed by atoms with Crippen LogP contribution in [0.15, 0.2) is 18.2 Å². The van der Waals surface area contributed by atoms with Crippen molar-refractivity contribution in [2.24, 2.45) is 0 Å². The van der Waals surface area contributed by atoms with Gasteiger partial charge >= 0.3 is 5.69 Å². The molecule has 19 heavy (non-hydrogen) atoms. The van der Waals surface area contributed by atoms with Crippen molar-refractivity contribution in [2.75, 3.05) is 13.2 Å². The number of benzene rings is 1. The Morgan fingerprint density at radius 1 is 1.37 bits per heavy atom. The molecule has 0 fully saturated rings. The van der Waals surface area contributed by atoms with E-state index < -0.39 is 4.92 Å². The monoisotopic (exact) mass is 267 g/mol. The molecule has 0 aromatic heterocycles. The van der Waals surface area contributed by atoms with Crippen molar-refractivity contribution in [1.29, 1.82) is 0 Å². The smallest absolute Gasteiger partial charge is 0.311 e. The maximum atomic E-state index is 11.2. The molecule has 0 spiro atoms. The molecule has 1 aromatic rings. The molecule has 0 saturated carbocycles. The Bertz CT molecular complexity index is 470. The number of carbonyl (C=O) groups is 1. The first kappa shape index (κ1) is 15.1. The third kappa shape index (κ3) is 4.67. The van der Waals surface area contributed by atoms with Gasteiger partial charge in [0.25, 0.3) is 0 Å². The Balaban J connectivity index is 2.77. The van der Waals surface area contributed by atoms with Gasteiger partial charge in [-0.05, 0) is 32.9 Å². The highest BCUT2D eigenvalue weighted by atomic mass is 16.6. The molecule has 0 unspecified atom stereocenters. The number of ether oxygens (including phenoxy) is 2. The van der Waals surface area contributed by atoms with E-state index in [1.165, 1.54) is 25.1 Å². The largest absolute Gasteiger partial charge is 0.484 e. The van der Waals surface area contributed by atoms with Gasteiger partial charge in [-0.3, -0.25) is 14.9 Å². The molecule has 6 heteroatoms. The Kier molecular flexibility index (Phi) is 5.44. The second-order valence-electron chi connectivity index (χ2n) is 4.26. The number of hydrogen-bond acceptors (Lipinski definition) is 5. The predicted molar refractivity (Wildman–Crippen MR) is 69.7 cm³/mol. The van der Waals surface area contributed by atoms with E-state index in [1.807, 2.05) is 13.8 Å². The van der Waals surface area contributed by atoms with Crippen LogP contribution in [0.4, 0.5) is 5.69 Å². The predicted octanol–water partition coefficient (Wildman–Crippen LogP) is 2.60. The van der Waals surface area contributed by atoms with Crippen LogP contribution in [0.2, 0.25) is 0 Å². The lowest BCUT2D eigenvalue weighted by Crippen LogP contribution is -2.12. The van der Waals surface area contributed by atoms with Gasteiger partial charge in [0, 0.05) is 11.6 Å². The molecule has 0 saturated heterocycles. The molecular formula is C13H17NO5. The van der Waals surface area contributed by atoms with Gasteiger partial charge in [-0.25, -0.2) is 0 Å². The highest BCUT2D eigenvalue weighted by molar-refractivity contribution is 5.95. The van der Waals surface area contributed by atoms with Crippen molar-refractivity contribution in [3.63, 3.8) is 0 Å². The third-order valence-electron chi connectivity index (χ3n) is 2.35. The molecule has 0 aliphatic carbocycles. The minimum Gasteiger partial charge on any atom is -0.484 e. The lowest BCUT2D eigenvalue weighted by atomic mass is 10.1. The van der Waals surface area contributed by atoms with Crippen LogP contribution >= 0.6 is 0 Å². The molecule has 1 rings (SSSR count). The summed E-state index contributed by atoms with van der Waals surface area (Å²) in [5.74, 6) is -0.0832. The summed E-state index contributed by atoms with van der Waals surface area (Å²) in [4.78, 5) is 21.5. The van der Waals surface area contributed by atoms with E-state index in [0.717, 1.165) is 0 Å². The van der Waals surface area contributed by atoms with Gasteiger partial charge in [-0.15, -0.1) is 0 Å². The number of ketones is 1. The quantitative estimate of drug-likeness (QED) is 0.328. The second-order valence-corrected chi connectivity index (χ2v) is 4.26. The van der Waals surface area contributed by atoms with Crippen LogP contribution in [0.3, 0.4) is 0 Å². The maximum Gasteiger partial charge on any atom is 0.311 e. The standard InChI is InChI=1S/C13H17NO5/c1-9(2)18-6-7-19-13-5-4-11(10(3)15)8-12(13)14(16)17/h4-5,8-9H,6-7H2,1-3H3. The normalized spacial score (nSPS) is 10.5. The van der Waals surface area contributed by atoms with Crippen molar-refractivity contribution in [1.82, 2.24) is 0 Å². The zero-order valence-electron chi connectivity index (χ0n) is 11.2. The summed E-state index contributed by atoms with van der Waals surface area (Å²) in [5, 5.41) is 10.9. The molecule has 6 nitrogen and oxygen atoms in total. The lowest BCUT2D eigenvalue weighted by Gasteiger charge is -2.09. The topological polar surface area (TPSA) is 78.7 Å². The number of nitro groups is 1. The minimum absolute atomic E-state index is 0.0821. The number of carbonyl (C=O) groups excluding carboxylic acids is 1. The first-order valence-corrected chi connectivity index (χ1v) is 5.95. The highest BCUT2D eigenvalue weighted by Gasteiger charge is 2.17. The van der Waals surface area contributed by atoms with Crippen molar-refractivity contribution in [3.05, 3.63) is 33.9 Å². The summed E-state index contributed by atoms with van der Waals surface area (Å²) in [6, 6.07) is 4.17. The zero-order chi connectivity index (χ0) is 14.4. The van der Waals surface area contributed by atoms with Crippen LogP contribution in [0.1, 0.15) is 31.1 Å². The van der Waals surface area contributed by atoms with E-state index in [9.17, 15) is 14.9 Å². The van der Waals surface area contributed by atoms with Gasteiger partial charge in [0.2, 0.25) is 0 Å². The zero-order valence-corrected chi connectivity index (χ0v) is 11.2. The second kappa shape index (κ2) is 6.84. The van der Waals surface area contributed by atoms with E-state index in [4.69, 9.17) is 9.47 Å². The minimum atomic E-state index is -0.564. The molecule has 0 atom stereocenters. The van der Waals surface area contributed by atoms with E-state index in [0.29, 0.717) is 6.61 Å². The Morgan fingerprint density at radius 2 is 2.05 bits per heavy atom. The summed E-state index contributed by atoms with van der Waals surface area (Å²) in [6.45, 7) is 5.71. The van der Waals surface area contributed by atoms with E-state index in [-0.39, 0.29) is 35.5 Å². The number of nitro benzene ring substituents is 1. The van der Waals surface area contributed by atoms with Crippen LogP contribution in [0.25, 0.3) is 0 Å². The van der Waals surface area contributed by atoms with Crippen LogP contribution in [-0.2, 0) is 4.74 Å². The van der Waals surface area contributed by atoms with Crippen LogP contribution in [0, 0.1) is 10.1 Å². The molecule has 0 bridgehead atoms. The van der Waals surface area contributed by atoms with Crippen molar-refractivity contribution in [3.8, 4) is 5.75 Å². The van der Waals surface area contributed by atoms with Crippen molar-refractivity contribution >= 4 is 11.5 Å². The molecule has 0 aliphatic rings. The molecule has 104 valence electrons. The van der Waals surface area contributed by atoms with Crippen LogP contribution < -0.4 is 4.74 Å². The number of Topliss-reactive ketones (excluding diaryl/α,β-unsaturated/α-hetero) is 1. The Hall–Kier alpha value is -1.95. The summed E-state index contributed by atoms with van der Waals surface area (Å²) >= 11 is 0. The van der Waals surface area contributed by atoms with Gasteiger partial charge in [0.15, 0.2) is 11.5 Å². The summed E-state index contributed by atoms with van der Waals surface area (Å²) < 4.78 is 10.6. The summed E-state index contributed by atoms with van der Waals surface area (Å²) in [6.07, 6.45) is 0.0821. The van der Waals surface area contributed by atoms with Gasteiger partial charge < -0.3 is 9.47 Å². The SMILES string of the molecule is CC(=O)c1ccc(OCCOC(C)C)c([N+](=O)[O-])c1. The van der Waals surface area contributed by atoms with Crippen molar-refractivity contribution < 1.29 is 19.2 Å². The van der Waals surface area contributed by atoms with Crippen LogP contribution in [0.5, 0.6) is 5.75 Å². The summed E-state index contributed by atoms with van der Waals surface area (Å²) in [5.41, 5.74) is 0.0785. The molecule has 1 aromatic carbocycles. The lowest BCUT2D eigenvalue weighted by molar-refractivity contribution is -0.385. The maximum absolute atomic E-state index is 11.2. The third-order valence-corrected chi connectivity index (χ3v) is 2.35. The Labute approximate surface area is 111 Å². The number of hydrogen-bond donors (Lipinski definition) is 0. The van der Waals surface area contributed by atoms with Gasteiger partial charge in [0.1, 0.15) is 6.61 Å². The van der Waals surface area contributed by atoms with E-state index >= 15 is 0 Å².